The zero-order chi connectivity index (χ0) is 51.4. The summed E-state index contributed by atoms with van der Waals surface area (Å²) in [6.07, 6.45) is 75.4. The van der Waals surface area contributed by atoms with E-state index < -0.39 is 6.10 Å². The Morgan fingerprint density at radius 3 is 0.859 bits per heavy atom. The number of carbonyl (C=O) groups is 3. The summed E-state index contributed by atoms with van der Waals surface area (Å²) < 4.78 is 16.8. The highest BCUT2D eigenvalue weighted by atomic mass is 16.6. The molecule has 0 fully saturated rings. The van der Waals surface area contributed by atoms with Crippen LogP contribution >= 0.6 is 0 Å². The van der Waals surface area contributed by atoms with Crippen LogP contribution in [0, 0.1) is 0 Å². The lowest BCUT2D eigenvalue weighted by molar-refractivity contribution is -0.167. The van der Waals surface area contributed by atoms with Gasteiger partial charge in [-0.2, -0.15) is 0 Å². The van der Waals surface area contributed by atoms with Crippen LogP contribution < -0.4 is 0 Å². The lowest BCUT2D eigenvalue weighted by Crippen LogP contribution is -2.30. The average molecular weight is 994 g/mol. The van der Waals surface area contributed by atoms with Gasteiger partial charge < -0.3 is 14.2 Å². The Bertz CT molecular complexity index is 1280. The molecule has 0 heterocycles. The van der Waals surface area contributed by atoms with Gasteiger partial charge >= 0.3 is 17.9 Å². The molecule has 0 aliphatic rings. The fraction of sp³-hybridized carbons (Fsp3) is 0.800. The average Bonchev–Trinajstić information content (AvgIpc) is 3.37. The number of unbranched alkanes of at least 4 members (excludes halogenated alkanes) is 35. The minimum atomic E-state index is -0.781. The van der Waals surface area contributed by atoms with Crippen molar-refractivity contribution < 1.29 is 28.6 Å². The fourth-order valence-electron chi connectivity index (χ4n) is 8.94. The lowest BCUT2D eigenvalue weighted by Gasteiger charge is -2.18. The summed E-state index contributed by atoms with van der Waals surface area (Å²) in [5.41, 5.74) is 0. The molecule has 0 aromatic heterocycles. The van der Waals surface area contributed by atoms with E-state index in [-0.39, 0.29) is 31.1 Å². The number of esters is 3. The molecule has 6 nitrogen and oxygen atoms in total. The lowest BCUT2D eigenvalue weighted by atomic mass is 10.0. The van der Waals surface area contributed by atoms with Gasteiger partial charge in [0.1, 0.15) is 13.2 Å². The maximum atomic E-state index is 12.8. The number of ether oxygens (including phenoxy) is 3. The van der Waals surface area contributed by atoms with Crippen molar-refractivity contribution in [2.45, 2.75) is 322 Å². The first kappa shape index (κ1) is 68.1. The highest BCUT2D eigenvalue weighted by molar-refractivity contribution is 5.71. The third-order valence-corrected chi connectivity index (χ3v) is 13.5. The van der Waals surface area contributed by atoms with E-state index in [0.29, 0.717) is 19.3 Å². The molecule has 0 spiro atoms. The van der Waals surface area contributed by atoms with Crippen molar-refractivity contribution >= 4 is 17.9 Å². The zero-order valence-corrected chi connectivity index (χ0v) is 47.2. The number of hydrogen-bond acceptors (Lipinski definition) is 6. The van der Waals surface area contributed by atoms with Gasteiger partial charge in [0.25, 0.3) is 0 Å². The Morgan fingerprint density at radius 1 is 0.296 bits per heavy atom. The van der Waals surface area contributed by atoms with Gasteiger partial charge in [-0.1, -0.05) is 293 Å². The third-order valence-electron chi connectivity index (χ3n) is 13.5. The molecular formula is C65H116O6. The number of carbonyl (C=O) groups excluding carboxylic acids is 3. The summed E-state index contributed by atoms with van der Waals surface area (Å²) in [4.78, 5) is 38.0. The SMILES string of the molecule is CC/C=C\C/C=C\C/C=C\C/C=C\C/C=C\CCCCCCCC(=O)OC(COC(=O)CCCCCCCCC)COC(=O)CCCCCCCCCCCCCCCCCCCCCCCCCCC. The second-order valence-electron chi connectivity index (χ2n) is 20.6. The molecule has 0 rings (SSSR count). The monoisotopic (exact) mass is 993 g/mol. The van der Waals surface area contributed by atoms with Gasteiger partial charge in [0, 0.05) is 19.3 Å². The maximum absolute atomic E-state index is 12.8. The highest BCUT2D eigenvalue weighted by Gasteiger charge is 2.19. The van der Waals surface area contributed by atoms with Gasteiger partial charge in [-0.25, -0.2) is 0 Å². The Balaban J connectivity index is 4.14. The molecule has 0 saturated carbocycles. The molecule has 0 radical (unpaired) electrons. The standard InChI is InChI=1S/C65H116O6/c1-4-7-10-13-16-18-20-22-24-26-28-30-31-32-33-35-36-38-40-42-44-46-49-52-55-58-64(67)70-61-62(60-69-63(66)57-54-51-48-15-12-9-6-3)71-65(68)59-56-53-50-47-45-43-41-39-37-34-29-27-25-23-21-19-17-14-11-8-5-2/h8,11,17,19,23,25,29,34,39,41,62H,4-7,9-10,12-16,18,20-22,24,26-28,30-33,35-38,40,42-61H2,1-3H3/b11-8-,19-17-,25-23-,34-29-,41-39-. The number of hydrogen-bond donors (Lipinski definition) is 0. The molecule has 0 aromatic rings. The first-order valence-electron chi connectivity index (χ1n) is 30.8. The molecule has 1 atom stereocenters. The Kier molecular flexibility index (Phi) is 57.2. The molecule has 71 heavy (non-hydrogen) atoms. The van der Waals surface area contributed by atoms with E-state index in [1.54, 1.807) is 0 Å². The molecule has 0 amide bonds. The van der Waals surface area contributed by atoms with Crippen LogP contribution in [-0.2, 0) is 28.6 Å². The van der Waals surface area contributed by atoms with Gasteiger partial charge in [0.15, 0.2) is 6.10 Å². The van der Waals surface area contributed by atoms with Crippen LogP contribution in [0.25, 0.3) is 0 Å². The Morgan fingerprint density at radius 2 is 0.549 bits per heavy atom. The van der Waals surface area contributed by atoms with E-state index in [2.05, 4.69) is 81.5 Å². The first-order valence-corrected chi connectivity index (χ1v) is 30.8. The van der Waals surface area contributed by atoms with E-state index in [4.69, 9.17) is 14.2 Å². The van der Waals surface area contributed by atoms with E-state index >= 15 is 0 Å². The Labute approximate surface area is 440 Å². The van der Waals surface area contributed by atoms with Gasteiger partial charge in [-0.3, -0.25) is 14.4 Å². The molecule has 0 aromatic carbocycles. The van der Waals surface area contributed by atoms with E-state index in [1.807, 2.05) is 0 Å². The smallest absolute Gasteiger partial charge is 0.306 e. The van der Waals surface area contributed by atoms with Crippen molar-refractivity contribution in [3.63, 3.8) is 0 Å². The summed E-state index contributed by atoms with van der Waals surface area (Å²) in [6.45, 7) is 6.51. The van der Waals surface area contributed by atoms with Crippen LogP contribution in [-0.4, -0.2) is 37.2 Å². The molecular weight excluding hydrogens is 877 g/mol. The predicted octanol–water partition coefficient (Wildman–Crippen LogP) is 20.8. The number of rotatable bonds is 56. The second-order valence-corrected chi connectivity index (χ2v) is 20.6. The molecule has 0 bridgehead atoms. The maximum Gasteiger partial charge on any atom is 0.306 e. The predicted molar refractivity (Wildman–Crippen MR) is 307 cm³/mol. The Hall–Kier alpha value is -2.89. The van der Waals surface area contributed by atoms with Crippen LogP contribution in [0.1, 0.15) is 316 Å². The molecule has 6 heteroatoms. The van der Waals surface area contributed by atoms with Crippen LogP contribution in [0.5, 0.6) is 0 Å². The normalized spacial score (nSPS) is 12.4. The minimum Gasteiger partial charge on any atom is -0.462 e. The van der Waals surface area contributed by atoms with E-state index in [9.17, 15) is 14.4 Å². The molecule has 0 aliphatic heterocycles. The van der Waals surface area contributed by atoms with Gasteiger partial charge in [0.2, 0.25) is 0 Å². The van der Waals surface area contributed by atoms with Gasteiger partial charge in [-0.15, -0.1) is 0 Å². The third kappa shape index (κ3) is 57.9. The van der Waals surface area contributed by atoms with Crippen LogP contribution in [0.4, 0.5) is 0 Å². The highest BCUT2D eigenvalue weighted by Crippen LogP contribution is 2.17. The summed E-state index contributed by atoms with van der Waals surface area (Å²) in [6, 6.07) is 0. The summed E-state index contributed by atoms with van der Waals surface area (Å²) in [7, 11) is 0. The molecule has 0 N–H and O–H groups in total. The summed E-state index contributed by atoms with van der Waals surface area (Å²) in [5.74, 6) is -0.891. The largest absolute Gasteiger partial charge is 0.462 e. The fourth-order valence-corrected chi connectivity index (χ4v) is 8.94. The number of allylic oxidation sites excluding steroid dienone is 10. The van der Waals surface area contributed by atoms with E-state index in [0.717, 1.165) is 109 Å². The minimum absolute atomic E-state index is 0.0788. The van der Waals surface area contributed by atoms with Crippen LogP contribution in [0.3, 0.4) is 0 Å². The molecule has 412 valence electrons. The van der Waals surface area contributed by atoms with Crippen LogP contribution in [0.2, 0.25) is 0 Å². The van der Waals surface area contributed by atoms with Crippen molar-refractivity contribution in [3.05, 3.63) is 60.8 Å². The van der Waals surface area contributed by atoms with Crippen molar-refractivity contribution in [1.82, 2.24) is 0 Å². The first-order chi connectivity index (χ1) is 35.0. The molecule has 0 aliphatic carbocycles. The topological polar surface area (TPSA) is 78.9 Å². The van der Waals surface area contributed by atoms with Gasteiger partial charge in [0.05, 0.1) is 0 Å². The summed E-state index contributed by atoms with van der Waals surface area (Å²) in [5, 5.41) is 0. The van der Waals surface area contributed by atoms with Crippen molar-refractivity contribution in [2.24, 2.45) is 0 Å². The molecule has 0 saturated heterocycles. The summed E-state index contributed by atoms with van der Waals surface area (Å²) >= 11 is 0. The zero-order valence-electron chi connectivity index (χ0n) is 47.2. The quantitative estimate of drug-likeness (QED) is 0.0261. The van der Waals surface area contributed by atoms with Gasteiger partial charge in [-0.05, 0) is 64.2 Å². The van der Waals surface area contributed by atoms with Crippen LogP contribution in [0.15, 0.2) is 60.8 Å². The van der Waals surface area contributed by atoms with Crippen molar-refractivity contribution in [3.8, 4) is 0 Å². The molecule has 1 unspecified atom stereocenters. The van der Waals surface area contributed by atoms with E-state index in [1.165, 1.54) is 167 Å². The second kappa shape index (κ2) is 59.7. The van der Waals surface area contributed by atoms with Crippen molar-refractivity contribution in [2.75, 3.05) is 13.2 Å². The van der Waals surface area contributed by atoms with Crippen molar-refractivity contribution in [1.29, 1.82) is 0 Å².